The maximum atomic E-state index is 6.00. The van der Waals surface area contributed by atoms with Crippen molar-refractivity contribution in [3.63, 3.8) is 0 Å². The minimum atomic E-state index is 0.288. The zero-order chi connectivity index (χ0) is 20.4. The highest BCUT2D eigenvalue weighted by Gasteiger charge is 2.36. The lowest BCUT2D eigenvalue weighted by molar-refractivity contribution is 0.597. The molecule has 0 fully saturated rings. The highest BCUT2D eigenvalue weighted by atomic mass is 14.6. The molecule has 2 heterocycles. The Labute approximate surface area is 172 Å². The summed E-state index contributed by atoms with van der Waals surface area (Å²) in [6.07, 6.45) is 16.2. The lowest BCUT2D eigenvalue weighted by atomic mass is 9.38. The van der Waals surface area contributed by atoms with Crippen molar-refractivity contribution in [2.45, 2.75) is 66.2 Å². The Kier molecular flexibility index (Phi) is 9.20. The van der Waals surface area contributed by atoms with Crippen LogP contribution in [0.1, 0.15) is 71.8 Å². The van der Waals surface area contributed by atoms with Gasteiger partial charge in [0.05, 0.1) is 0 Å². The van der Waals surface area contributed by atoms with Gasteiger partial charge < -0.3 is 10.7 Å². The normalized spacial score (nSPS) is 16.8. The van der Waals surface area contributed by atoms with Crippen molar-refractivity contribution in [2.75, 3.05) is 0 Å². The Morgan fingerprint density at radius 1 is 1.00 bits per heavy atom. The molecule has 2 nitrogen and oxygen atoms in total. The van der Waals surface area contributed by atoms with Gasteiger partial charge in [-0.15, -0.1) is 0 Å². The van der Waals surface area contributed by atoms with E-state index in [-0.39, 0.29) is 6.71 Å². The van der Waals surface area contributed by atoms with E-state index in [0.717, 1.165) is 0 Å². The van der Waals surface area contributed by atoms with Crippen LogP contribution in [-0.2, 0) is 0 Å². The third-order valence-corrected chi connectivity index (χ3v) is 5.48. The number of rotatable bonds is 7. The maximum Gasteiger partial charge on any atom is 0.244 e. The second-order valence-corrected chi connectivity index (χ2v) is 7.84. The Morgan fingerprint density at radius 3 is 2.25 bits per heavy atom. The second-order valence-electron chi connectivity index (χ2n) is 7.84. The molecule has 3 rings (SSSR count). The number of H-pyrrole nitrogens is 1. The second kappa shape index (κ2) is 11.6. The van der Waals surface area contributed by atoms with E-state index in [1.165, 1.54) is 66.1 Å². The lowest BCUT2D eigenvalue weighted by Gasteiger charge is -2.14. The summed E-state index contributed by atoms with van der Waals surface area (Å²) in [4.78, 5) is 3.25. The van der Waals surface area contributed by atoms with E-state index in [1.54, 1.807) is 6.20 Å². The first-order chi connectivity index (χ1) is 13.7. The van der Waals surface area contributed by atoms with Crippen LogP contribution in [0, 0.1) is 5.92 Å². The Morgan fingerprint density at radius 2 is 1.68 bits per heavy atom. The lowest BCUT2D eigenvalue weighted by Crippen LogP contribution is -2.40. The number of nitrogens with two attached hydrogens (primary N) is 1. The molecule has 3 N–H and O–H groups in total. The first-order valence-corrected chi connectivity index (χ1v) is 11.0. The number of hydrogen-bond acceptors (Lipinski definition) is 1. The van der Waals surface area contributed by atoms with Crippen LogP contribution in [0.4, 0.5) is 0 Å². The predicted octanol–water partition coefficient (Wildman–Crippen LogP) is 5.43. The van der Waals surface area contributed by atoms with Gasteiger partial charge in [-0.25, -0.2) is 0 Å². The Bertz CT molecular complexity index is 756. The molecule has 150 valence electrons. The van der Waals surface area contributed by atoms with Crippen LogP contribution in [0.3, 0.4) is 0 Å². The molecule has 1 aliphatic heterocycles. The average Bonchev–Trinajstić information content (AvgIpc) is 3.28. The summed E-state index contributed by atoms with van der Waals surface area (Å²) in [6, 6.07) is 10.7. The summed E-state index contributed by atoms with van der Waals surface area (Å²) in [5, 5.41) is 0. The molecular formula is C25H37BN2. The summed E-state index contributed by atoms with van der Waals surface area (Å²) in [5.41, 5.74) is 12.5. The minimum absolute atomic E-state index is 0.288. The van der Waals surface area contributed by atoms with Gasteiger partial charge in [-0.2, -0.15) is 0 Å². The van der Waals surface area contributed by atoms with Crippen LogP contribution in [0.2, 0.25) is 0 Å². The number of aromatic amines is 1. The van der Waals surface area contributed by atoms with Crippen LogP contribution in [0.5, 0.6) is 0 Å². The molecule has 0 aliphatic carbocycles. The summed E-state index contributed by atoms with van der Waals surface area (Å²) >= 11 is 0. The van der Waals surface area contributed by atoms with Crippen molar-refractivity contribution in [3.8, 4) is 0 Å². The monoisotopic (exact) mass is 376 g/mol. The van der Waals surface area contributed by atoms with Crippen LogP contribution >= 0.6 is 0 Å². The van der Waals surface area contributed by atoms with Gasteiger partial charge in [0.15, 0.2) is 0 Å². The average molecular weight is 376 g/mol. The van der Waals surface area contributed by atoms with E-state index in [0.29, 0.717) is 5.92 Å². The van der Waals surface area contributed by atoms with Crippen molar-refractivity contribution in [1.82, 2.24) is 4.98 Å². The molecule has 1 atom stereocenters. The molecule has 0 saturated heterocycles. The predicted molar refractivity (Wildman–Crippen MR) is 126 cm³/mol. The van der Waals surface area contributed by atoms with E-state index < -0.39 is 0 Å². The van der Waals surface area contributed by atoms with E-state index in [2.05, 4.69) is 81.5 Å². The smallest absolute Gasteiger partial charge is 0.244 e. The van der Waals surface area contributed by atoms with Gasteiger partial charge in [0.2, 0.25) is 6.71 Å². The number of hydrogen-bond donors (Lipinski definition) is 2. The molecule has 3 heteroatoms. The van der Waals surface area contributed by atoms with Gasteiger partial charge >= 0.3 is 0 Å². The van der Waals surface area contributed by atoms with Crippen LogP contribution in [0.25, 0.3) is 5.57 Å². The molecule has 0 bridgehead atoms. The molecule has 1 aromatic carbocycles. The van der Waals surface area contributed by atoms with Gasteiger partial charge in [-0.05, 0) is 35.1 Å². The SMILES string of the molecule is CCCCC.CCCCC(C)/C=C1/B(c2ccccc2)c2c[nH]cc2/C1=C/N. The quantitative estimate of drug-likeness (QED) is 0.622. The summed E-state index contributed by atoms with van der Waals surface area (Å²) in [5.74, 6) is 0.569. The molecule has 1 unspecified atom stereocenters. The molecule has 0 saturated carbocycles. The molecule has 1 aromatic heterocycles. The first-order valence-electron chi connectivity index (χ1n) is 11.0. The van der Waals surface area contributed by atoms with Crippen molar-refractivity contribution in [2.24, 2.45) is 11.7 Å². The number of aromatic nitrogens is 1. The van der Waals surface area contributed by atoms with Crippen LogP contribution < -0.4 is 16.7 Å². The Balaban J connectivity index is 0.000000500. The van der Waals surface area contributed by atoms with E-state index in [9.17, 15) is 0 Å². The largest absolute Gasteiger partial charge is 0.404 e. The van der Waals surface area contributed by atoms with Gasteiger partial charge in [-0.1, -0.05) is 107 Å². The third-order valence-electron chi connectivity index (χ3n) is 5.48. The zero-order valence-corrected chi connectivity index (χ0v) is 18.2. The van der Waals surface area contributed by atoms with Crippen LogP contribution in [0.15, 0.2) is 60.5 Å². The first kappa shape index (κ1) is 22.1. The molecule has 0 radical (unpaired) electrons. The highest BCUT2D eigenvalue weighted by molar-refractivity contribution is 6.95. The van der Waals surface area contributed by atoms with E-state index in [4.69, 9.17) is 5.73 Å². The number of nitrogens with one attached hydrogen (secondary N) is 1. The van der Waals surface area contributed by atoms with E-state index >= 15 is 0 Å². The Hall–Kier alpha value is -2.16. The number of fused-ring (bicyclic) bond motifs is 1. The molecule has 0 spiro atoms. The van der Waals surface area contributed by atoms with Gasteiger partial charge in [0, 0.05) is 12.4 Å². The molecular weight excluding hydrogens is 339 g/mol. The molecule has 0 amide bonds. The summed E-state index contributed by atoms with van der Waals surface area (Å²) in [6.45, 7) is 9.27. The van der Waals surface area contributed by atoms with Crippen molar-refractivity contribution in [1.29, 1.82) is 0 Å². The number of benzene rings is 1. The van der Waals surface area contributed by atoms with Crippen molar-refractivity contribution >= 4 is 23.2 Å². The zero-order valence-electron chi connectivity index (χ0n) is 18.2. The molecule has 1 aliphatic rings. The molecule has 2 aromatic rings. The third kappa shape index (κ3) is 5.44. The maximum absolute atomic E-state index is 6.00. The van der Waals surface area contributed by atoms with Crippen molar-refractivity contribution in [3.05, 3.63) is 66.0 Å². The minimum Gasteiger partial charge on any atom is -0.404 e. The van der Waals surface area contributed by atoms with Gasteiger partial charge in [-0.3, -0.25) is 0 Å². The topological polar surface area (TPSA) is 41.8 Å². The highest BCUT2D eigenvalue weighted by Crippen LogP contribution is 2.32. The van der Waals surface area contributed by atoms with Crippen molar-refractivity contribution < 1.29 is 0 Å². The fraction of sp³-hybridized carbons (Fsp3) is 0.440. The summed E-state index contributed by atoms with van der Waals surface area (Å²) < 4.78 is 0. The summed E-state index contributed by atoms with van der Waals surface area (Å²) in [7, 11) is 0. The number of unbranched alkanes of at least 4 members (excludes halogenated alkanes) is 3. The van der Waals surface area contributed by atoms with Crippen LogP contribution in [-0.4, -0.2) is 11.7 Å². The number of allylic oxidation sites excluding steroid dienone is 3. The molecule has 28 heavy (non-hydrogen) atoms. The van der Waals surface area contributed by atoms with Gasteiger partial charge in [0.1, 0.15) is 0 Å². The fourth-order valence-corrected chi connectivity index (χ4v) is 3.97. The van der Waals surface area contributed by atoms with Gasteiger partial charge in [0.25, 0.3) is 0 Å². The fourth-order valence-electron chi connectivity index (χ4n) is 3.97. The van der Waals surface area contributed by atoms with E-state index in [1.807, 2.05) is 0 Å². The standard InChI is InChI=1S/C20H25BN2.C5H12/c1-3-4-8-15(2)11-19-17(12-22)18-13-23-14-20(18)21(19)16-9-6-5-7-10-16;1-3-5-4-2/h5-7,9-15,23H,3-4,8,22H2,1-2H3;3-5H2,1-2H3/b17-12-,19-11+;.